The number of ether oxygens (including phenoxy) is 1. The van der Waals surface area contributed by atoms with Gasteiger partial charge in [-0.3, -0.25) is 14.5 Å². The summed E-state index contributed by atoms with van der Waals surface area (Å²) in [5.74, 6) is -0.454. The Balaban J connectivity index is 1.74. The monoisotopic (exact) mass is 399 g/mol. The first-order valence-corrected chi connectivity index (χ1v) is 9.46. The second kappa shape index (κ2) is 8.37. The van der Waals surface area contributed by atoms with E-state index < -0.39 is 5.97 Å². The third kappa shape index (κ3) is 4.56. The topological polar surface area (TPSA) is 66.8 Å². The second-order valence-electron chi connectivity index (χ2n) is 5.86. The first kappa shape index (κ1) is 19.1. The first-order chi connectivity index (χ1) is 13.0. The van der Waals surface area contributed by atoms with Gasteiger partial charge in [-0.25, -0.2) is 0 Å². The smallest absolute Gasteiger partial charge is 0.306 e. The highest BCUT2D eigenvalue weighted by atomic mass is 32.2. The molecule has 0 spiro atoms. The molecule has 1 amide bonds. The Morgan fingerprint density at radius 3 is 2.59 bits per heavy atom. The largest absolute Gasteiger partial charge is 0.493 e. The highest BCUT2D eigenvalue weighted by molar-refractivity contribution is 8.27. The van der Waals surface area contributed by atoms with E-state index >= 15 is 0 Å². The van der Waals surface area contributed by atoms with Gasteiger partial charge >= 0.3 is 5.97 Å². The van der Waals surface area contributed by atoms with Crippen LogP contribution in [-0.2, 0) is 9.59 Å². The maximum Gasteiger partial charge on any atom is 0.306 e. The van der Waals surface area contributed by atoms with Gasteiger partial charge in [0.15, 0.2) is 4.32 Å². The zero-order valence-corrected chi connectivity index (χ0v) is 16.2. The quantitative estimate of drug-likeness (QED) is 0.578. The summed E-state index contributed by atoms with van der Waals surface area (Å²) < 4.78 is 5.87. The molecule has 0 radical (unpaired) electrons. The SMILES string of the molecule is Cc1ccccc1N1C(=O)/C(=C\c2ccc(OCCC(=O)O)cc2)SC1=S. The van der Waals surface area contributed by atoms with Gasteiger partial charge in [0.25, 0.3) is 5.91 Å². The predicted octanol–water partition coefficient (Wildman–Crippen LogP) is 4.25. The number of benzene rings is 2. The number of aliphatic carboxylic acids is 1. The summed E-state index contributed by atoms with van der Waals surface area (Å²) in [5, 5.41) is 8.63. The lowest BCUT2D eigenvalue weighted by molar-refractivity contribution is -0.137. The Bertz CT molecular complexity index is 922. The predicted molar refractivity (Wildman–Crippen MR) is 111 cm³/mol. The van der Waals surface area contributed by atoms with Crippen molar-refractivity contribution in [3.63, 3.8) is 0 Å². The summed E-state index contributed by atoms with van der Waals surface area (Å²) >= 11 is 6.68. The molecule has 138 valence electrons. The average molecular weight is 399 g/mol. The Hall–Kier alpha value is -2.64. The van der Waals surface area contributed by atoms with E-state index in [1.807, 2.05) is 43.3 Å². The highest BCUT2D eigenvalue weighted by Crippen LogP contribution is 2.37. The molecule has 27 heavy (non-hydrogen) atoms. The summed E-state index contributed by atoms with van der Waals surface area (Å²) in [6.07, 6.45) is 1.74. The van der Waals surface area contributed by atoms with Gasteiger partial charge in [-0.1, -0.05) is 54.3 Å². The summed E-state index contributed by atoms with van der Waals surface area (Å²) in [6, 6.07) is 14.8. The number of anilines is 1. The number of thioether (sulfide) groups is 1. The van der Waals surface area contributed by atoms with Crippen LogP contribution in [0.5, 0.6) is 5.75 Å². The molecule has 7 heteroatoms. The van der Waals surface area contributed by atoms with Crippen LogP contribution in [0.3, 0.4) is 0 Å². The van der Waals surface area contributed by atoms with E-state index in [0.717, 1.165) is 16.8 Å². The molecule has 2 aromatic rings. The van der Waals surface area contributed by atoms with Gasteiger partial charge < -0.3 is 9.84 Å². The van der Waals surface area contributed by atoms with Gasteiger partial charge in [0.05, 0.1) is 23.6 Å². The summed E-state index contributed by atoms with van der Waals surface area (Å²) in [7, 11) is 0. The lowest BCUT2D eigenvalue weighted by Gasteiger charge is -2.16. The van der Waals surface area contributed by atoms with E-state index in [0.29, 0.717) is 15.0 Å². The zero-order valence-electron chi connectivity index (χ0n) is 14.5. The van der Waals surface area contributed by atoms with Gasteiger partial charge in [0.1, 0.15) is 5.75 Å². The average Bonchev–Trinajstić information content (AvgIpc) is 2.90. The number of carbonyl (C=O) groups excluding carboxylic acids is 1. The maximum atomic E-state index is 12.8. The van der Waals surface area contributed by atoms with Crippen molar-refractivity contribution in [1.82, 2.24) is 0 Å². The Morgan fingerprint density at radius 1 is 1.22 bits per heavy atom. The Morgan fingerprint density at radius 2 is 1.93 bits per heavy atom. The molecule has 5 nitrogen and oxygen atoms in total. The van der Waals surface area contributed by atoms with Gasteiger partial charge in [-0.05, 0) is 42.3 Å². The number of aryl methyl sites for hydroxylation is 1. The number of hydrogen-bond donors (Lipinski definition) is 1. The number of carboxylic acid groups (broad SMARTS) is 1. The first-order valence-electron chi connectivity index (χ1n) is 8.24. The molecule has 0 aromatic heterocycles. The molecule has 0 bridgehead atoms. The van der Waals surface area contributed by atoms with Crippen molar-refractivity contribution >= 4 is 51.9 Å². The van der Waals surface area contributed by atoms with Crippen LogP contribution in [0.2, 0.25) is 0 Å². The van der Waals surface area contributed by atoms with Crippen LogP contribution in [0, 0.1) is 6.92 Å². The molecular formula is C20H17NO4S2. The molecule has 1 fully saturated rings. The van der Waals surface area contributed by atoms with E-state index in [1.165, 1.54) is 11.8 Å². The maximum absolute atomic E-state index is 12.8. The lowest BCUT2D eigenvalue weighted by atomic mass is 10.1. The molecule has 0 atom stereocenters. The number of hydrogen-bond acceptors (Lipinski definition) is 5. The van der Waals surface area contributed by atoms with Gasteiger partial charge in [0, 0.05) is 0 Å². The third-order valence-electron chi connectivity index (χ3n) is 3.91. The number of para-hydroxylation sites is 1. The van der Waals surface area contributed by atoms with E-state index in [9.17, 15) is 9.59 Å². The zero-order chi connectivity index (χ0) is 19.4. The van der Waals surface area contributed by atoms with Crippen LogP contribution in [0.25, 0.3) is 6.08 Å². The number of carboxylic acids is 1. The minimum absolute atomic E-state index is 0.0525. The van der Waals surface area contributed by atoms with E-state index in [-0.39, 0.29) is 18.9 Å². The number of nitrogens with zero attached hydrogens (tertiary/aromatic N) is 1. The van der Waals surface area contributed by atoms with Gasteiger partial charge in [0.2, 0.25) is 0 Å². The van der Waals surface area contributed by atoms with Gasteiger partial charge in [-0.15, -0.1) is 0 Å². The van der Waals surface area contributed by atoms with E-state index in [4.69, 9.17) is 22.1 Å². The van der Waals surface area contributed by atoms with Crippen LogP contribution in [-0.4, -0.2) is 27.9 Å². The normalized spacial score (nSPS) is 15.4. The number of carbonyl (C=O) groups is 2. The summed E-state index contributed by atoms with van der Waals surface area (Å²) in [4.78, 5) is 25.4. The number of rotatable bonds is 6. The minimum Gasteiger partial charge on any atom is -0.493 e. The molecule has 2 aromatic carbocycles. The van der Waals surface area contributed by atoms with Crippen LogP contribution in [0.4, 0.5) is 5.69 Å². The van der Waals surface area contributed by atoms with Crippen LogP contribution in [0.15, 0.2) is 53.4 Å². The van der Waals surface area contributed by atoms with E-state index in [1.54, 1.807) is 23.1 Å². The van der Waals surface area contributed by atoms with Crippen molar-refractivity contribution < 1.29 is 19.4 Å². The molecule has 1 heterocycles. The van der Waals surface area contributed by atoms with E-state index in [2.05, 4.69) is 0 Å². The fourth-order valence-electron chi connectivity index (χ4n) is 2.56. The van der Waals surface area contributed by atoms with Crippen molar-refractivity contribution in [2.75, 3.05) is 11.5 Å². The van der Waals surface area contributed by atoms with Crippen LogP contribution >= 0.6 is 24.0 Å². The third-order valence-corrected chi connectivity index (χ3v) is 5.21. The molecule has 3 rings (SSSR count). The lowest BCUT2D eigenvalue weighted by Crippen LogP contribution is -2.28. The van der Waals surface area contributed by atoms with Crippen molar-refractivity contribution in [3.8, 4) is 5.75 Å². The Labute approximate surface area is 166 Å². The molecular weight excluding hydrogens is 382 g/mol. The van der Waals surface area contributed by atoms with Crippen molar-refractivity contribution in [2.24, 2.45) is 0 Å². The minimum atomic E-state index is -0.901. The van der Waals surface area contributed by atoms with Crippen molar-refractivity contribution in [2.45, 2.75) is 13.3 Å². The molecule has 0 saturated carbocycles. The molecule has 1 aliphatic rings. The fraction of sp³-hybridized carbons (Fsp3) is 0.150. The van der Waals surface area contributed by atoms with Crippen LogP contribution < -0.4 is 9.64 Å². The van der Waals surface area contributed by atoms with Gasteiger partial charge in [-0.2, -0.15) is 0 Å². The standard InChI is InChI=1S/C20H17NO4S2/c1-13-4-2-3-5-16(13)21-19(24)17(27-20(21)26)12-14-6-8-15(9-7-14)25-11-10-18(22)23/h2-9,12H,10-11H2,1H3,(H,22,23)/b17-12+. The summed E-state index contributed by atoms with van der Waals surface area (Å²) in [6.45, 7) is 2.06. The molecule has 1 saturated heterocycles. The second-order valence-corrected chi connectivity index (χ2v) is 7.54. The van der Waals surface area contributed by atoms with Crippen molar-refractivity contribution in [3.05, 3.63) is 64.6 Å². The molecule has 0 aliphatic carbocycles. The van der Waals surface area contributed by atoms with Crippen molar-refractivity contribution in [1.29, 1.82) is 0 Å². The molecule has 0 unspecified atom stereocenters. The fourth-order valence-corrected chi connectivity index (χ4v) is 3.84. The number of amides is 1. The molecule has 1 aliphatic heterocycles. The molecule has 1 N–H and O–H groups in total. The highest BCUT2D eigenvalue weighted by Gasteiger charge is 2.33. The van der Waals surface area contributed by atoms with Crippen LogP contribution in [0.1, 0.15) is 17.5 Å². The Kier molecular flexibility index (Phi) is 5.93. The number of thiocarbonyl (C=S) groups is 1. The summed E-state index contributed by atoms with van der Waals surface area (Å²) in [5.41, 5.74) is 2.62.